The molecule has 0 saturated heterocycles. The third-order valence-corrected chi connectivity index (χ3v) is 4.32. The molecule has 0 spiro atoms. The van der Waals surface area contributed by atoms with E-state index in [-0.39, 0.29) is 5.75 Å². The van der Waals surface area contributed by atoms with Crippen molar-refractivity contribution in [2.24, 2.45) is 0 Å². The van der Waals surface area contributed by atoms with Crippen LogP contribution in [0.5, 0.6) is 11.5 Å². The molecule has 2 rings (SSSR count). The molecule has 0 heterocycles. The second kappa shape index (κ2) is 6.54. The molecular weight excluding hydrogens is 340 g/mol. The summed E-state index contributed by atoms with van der Waals surface area (Å²) >= 11 is 3.44. The summed E-state index contributed by atoms with van der Waals surface area (Å²) in [4.78, 5) is 0. The molecule has 112 valence electrons. The number of nitrogens with one attached hydrogen (secondary N) is 1. The largest absolute Gasteiger partial charge is 0.451 e. The molecule has 5 heteroatoms. The van der Waals surface area contributed by atoms with Crippen LogP contribution in [0.1, 0.15) is 16.7 Å². The maximum Gasteiger partial charge on any atom is 0.198 e. The first-order chi connectivity index (χ1) is 9.92. The molecule has 1 N–H and O–H groups in total. The van der Waals surface area contributed by atoms with E-state index in [1.807, 2.05) is 13.8 Å². The van der Waals surface area contributed by atoms with E-state index >= 15 is 0 Å². The van der Waals surface area contributed by atoms with Gasteiger partial charge in [-0.2, -0.15) is 0 Å². The van der Waals surface area contributed by atoms with Crippen molar-refractivity contribution in [1.29, 1.82) is 0 Å². The Balaban J connectivity index is 2.36. The summed E-state index contributed by atoms with van der Waals surface area (Å²) in [7, 11) is 1.72. The highest BCUT2D eigenvalue weighted by Crippen LogP contribution is 2.32. The molecular formula is C16H16BrF2NO. The van der Waals surface area contributed by atoms with E-state index < -0.39 is 11.6 Å². The molecule has 0 bridgehead atoms. The van der Waals surface area contributed by atoms with Crippen LogP contribution in [0.25, 0.3) is 0 Å². The Hall–Kier alpha value is -1.46. The van der Waals surface area contributed by atoms with Gasteiger partial charge in [0.05, 0.1) is 0 Å². The number of aryl methyl sites for hydroxylation is 2. The van der Waals surface area contributed by atoms with Gasteiger partial charge in [0.1, 0.15) is 5.75 Å². The van der Waals surface area contributed by atoms with Crippen LogP contribution >= 0.6 is 15.9 Å². The van der Waals surface area contributed by atoms with Crippen LogP contribution in [0, 0.1) is 25.5 Å². The van der Waals surface area contributed by atoms with E-state index in [1.54, 1.807) is 19.2 Å². The zero-order valence-corrected chi connectivity index (χ0v) is 13.6. The SMILES string of the molecule is CNCc1cc(F)c(Oc2cc(C)c(Br)c(C)c2)c(F)c1. The summed E-state index contributed by atoms with van der Waals surface area (Å²) in [5.41, 5.74) is 2.42. The van der Waals surface area contributed by atoms with Gasteiger partial charge in [0.25, 0.3) is 0 Å². The Bertz CT molecular complexity index is 627. The highest BCUT2D eigenvalue weighted by atomic mass is 79.9. The highest BCUT2D eigenvalue weighted by Gasteiger charge is 2.14. The van der Waals surface area contributed by atoms with Crippen molar-refractivity contribution < 1.29 is 13.5 Å². The molecule has 0 fully saturated rings. The molecule has 0 atom stereocenters. The molecule has 2 nitrogen and oxygen atoms in total. The molecule has 0 unspecified atom stereocenters. The van der Waals surface area contributed by atoms with E-state index in [0.29, 0.717) is 17.9 Å². The highest BCUT2D eigenvalue weighted by molar-refractivity contribution is 9.10. The van der Waals surface area contributed by atoms with Crippen LogP contribution in [0.15, 0.2) is 28.7 Å². The summed E-state index contributed by atoms with van der Waals surface area (Å²) in [6, 6.07) is 6.01. The minimum absolute atomic E-state index is 0.379. The number of rotatable bonds is 4. The van der Waals surface area contributed by atoms with Gasteiger partial charge in [-0.1, -0.05) is 15.9 Å². The molecule has 2 aromatic carbocycles. The fourth-order valence-electron chi connectivity index (χ4n) is 2.10. The number of halogens is 3. The third kappa shape index (κ3) is 3.60. The lowest BCUT2D eigenvalue weighted by molar-refractivity contribution is 0.405. The first-order valence-corrected chi connectivity index (χ1v) is 7.28. The predicted octanol–water partition coefficient (Wildman–Crippen LogP) is 4.86. The van der Waals surface area contributed by atoms with Crippen molar-refractivity contribution >= 4 is 15.9 Å². The number of hydrogen-bond donors (Lipinski definition) is 1. The number of hydrogen-bond acceptors (Lipinski definition) is 2. The zero-order valence-electron chi connectivity index (χ0n) is 12.1. The van der Waals surface area contributed by atoms with Crippen LogP contribution in [0.2, 0.25) is 0 Å². The van der Waals surface area contributed by atoms with Crippen molar-refractivity contribution in [3.05, 3.63) is 57.1 Å². The molecule has 2 aromatic rings. The first-order valence-electron chi connectivity index (χ1n) is 6.49. The Labute approximate surface area is 131 Å². The molecule has 21 heavy (non-hydrogen) atoms. The Kier molecular flexibility index (Phi) is 4.96. The van der Waals surface area contributed by atoms with E-state index in [9.17, 15) is 8.78 Å². The Morgan fingerprint density at radius 2 is 1.57 bits per heavy atom. The molecule has 0 aliphatic carbocycles. The van der Waals surface area contributed by atoms with Crippen molar-refractivity contribution in [3.8, 4) is 11.5 Å². The third-order valence-electron chi connectivity index (χ3n) is 3.07. The normalized spacial score (nSPS) is 10.8. The maximum absolute atomic E-state index is 14.0. The molecule has 0 radical (unpaired) electrons. The average Bonchev–Trinajstić information content (AvgIpc) is 2.40. The number of ether oxygens (including phenoxy) is 1. The van der Waals surface area contributed by atoms with Gasteiger partial charge in [0.15, 0.2) is 17.4 Å². The predicted molar refractivity (Wildman–Crippen MR) is 82.8 cm³/mol. The second-order valence-corrected chi connectivity index (χ2v) is 5.69. The maximum atomic E-state index is 14.0. The van der Waals surface area contributed by atoms with Crippen LogP contribution in [0.3, 0.4) is 0 Å². The first kappa shape index (κ1) is 15.9. The smallest absolute Gasteiger partial charge is 0.198 e. The summed E-state index contributed by atoms with van der Waals surface area (Å²) < 4.78 is 34.4. The minimum atomic E-state index is -0.710. The molecule has 0 aliphatic rings. The molecule has 0 saturated carbocycles. The summed E-state index contributed by atoms with van der Waals surface area (Å²) in [5.74, 6) is -1.39. The summed E-state index contributed by atoms with van der Waals surface area (Å²) in [5, 5.41) is 2.85. The average molecular weight is 356 g/mol. The van der Waals surface area contributed by atoms with Gasteiger partial charge >= 0.3 is 0 Å². The van der Waals surface area contributed by atoms with E-state index in [0.717, 1.165) is 15.6 Å². The van der Waals surface area contributed by atoms with E-state index in [4.69, 9.17) is 4.74 Å². The summed E-state index contributed by atoms with van der Waals surface area (Å²) in [6.45, 7) is 4.18. The summed E-state index contributed by atoms with van der Waals surface area (Å²) in [6.07, 6.45) is 0. The van der Waals surface area contributed by atoms with Gasteiger partial charge in [-0.15, -0.1) is 0 Å². The lowest BCUT2D eigenvalue weighted by Gasteiger charge is -2.12. The van der Waals surface area contributed by atoms with Crippen LogP contribution < -0.4 is 10.1 Å². The van der Waals surface area contributed by atoms with Crippen molar-refractivity contribution in [2.45, 2.75) is 20.4 Å². The standard InChI is InChI=1S/C16H16BrF2NO/c1-9-4-12(5-10(2)15(9)17)21-16-13(18)6-11(8-20-3)7-14(16)19/h4-7,20H,8H2,1-3H3. The van der Waals surface area contributed by atoms with Gasteiger partial charge in [0.2, 0.25) is 0 Å². The molecule has 0 aromatic heterocycles. The molecule has 0 aliphatic heterocycles. The topological polar surface area (TPSA) is 21.3 Å². The monoisotopic (exact) mass is 355 g/mol. The number of benzene rings is 2. The quantitative estimate of drug-likeness (QED) is 0.845. The van der Waals surface area contributed by atoms with Crippen molar-refractivity contribution in [2.75, 3.05) is 7.05 Å². The molecule has 0 amide bonds. The van der Waals surface area contributed by atoms with E-state index in [1.165, 1.54) is 12.1 Å². The van der Waals surface area contributed by atoms with Crippen molar-refractivity contribution in [1.82, 2.24) is 5.32 Å². The fraction of sp³-hybridized carbons (Fsp3) is 0.250. The second-order valence-electron chi connectivity index (χ2n) is 4.89. The minimum Gasteiger partial charge on any atom is -0.451 e. The van der Waals surface area contributed by atoms with Gasteiger partial charge in [-0.05, 0) is 61.9 Å². The Morgan fingerprint density at radius 3 is 2.05 bits per heavy atom. The van der Waals surface area contributed by atoms with E-state index in [2.05, 4.69) is 21.2 Å². The van der Waals surface area contributed by atoms with Crippen LogP contribution in [0.4, 0.5) is 8.78 Å². The van der Waals surface area contributed by atoms with Gasteiger partial charge in [-0.25, -0.2) is 8.78 Å². The van der Waals surface area contributed by atoms with Gasteiger partial charge in [0, 0.05) is 11.0 Å². The van der Waals surface area contributed by atoms with Crippen LogP contribution in [-0.4, -0.2) is 7.05 Å². The van der Waals surface area contributed by atoms with Crippen LogP contribution in [-0.2, 0) is 6.54 Å². The van der Waals surface area contributed by atoms with Crippen molar-refractivity contribution in [3.63, 3.8) is 0 Å². The Morgan fingerprint density at radius 1 is 1.05 bits per heavy atom. The zero-order chi connectivity index (χ0) is 15.6. The lowest BCUT2D eigenvalue weighted by Crippen LogP contribution is -2.06. The van der Waals surface area contributed by atoms with Gasteiger partial charge in [-0.3, -0.25) is 0 Å². The fourth-order valence-corrected chi connectivity index (χ4v) is 2.33. The van der Waals surface area contributed by atoms with Gasteiger partial charge < -0.3 is 10.1 Å². The lowest BCUT2D eigenvalue weighted by atomic mass is 10.1.